The molecule has 0 rings (SSSR count). The zero-order valence-electron chi connectivity index (χ0n) is 4.11. The number of rotatable bonds is 1. The van der Waals surface area contributed by atoms with Crippen molar-refractivity contribution in [3.8, 4) is 0 Å². The lowest BCUT2D eigenvalue weighted by Crippen LogP contribution is -2.31. The van der Waals surface area contributed by atoms with Crippen molar-refractivity contribution < 1.29 is 18.3 Å². The van der Waals surface area contributed by atoms with E-state index in [0.717, 1.165) is 6.92 Å². The first-order valence-electron chi connectivity index (χ1n) is 1.88. The zero-order chi connectivity index (χ0) is 6.78. The van der Waals surface area contributed by atoms with Crippen LogP contribution in [0.3, 0.4) is 0 Å². The van der Waals surface area contributed by atoms with Crippen LogP contribution in [0, 0.1) is 0 Å². The summed E-state index contributed by atoms with van der Waals surface area (Å²) in [5, 5.41) is 9.97. The summed E-state index contributed by atoms with van der Waals surface area (Å²) in [5.74, 6) is 0. The zero-order valence-corrected chi connectivity index (χ0v) is 4.11. The molecule has 1 N–H and O–H groups in total. The van der Waals surface area contributed by atoms with Crippen LogP contribution in [-0.4, -0.2) is 17.6 Å². The molecule has 0 aromatic carbocycles. The van der Waals surface area contributed by atoms with Crippen molar-refractivity contribution in [3.63, 3.8) is 0 Å². The van der Waals surface area contributed by atoms with Gasteiger partial charge in [0, 0.05) is 0 Å². The lowest BCUT2D eigenvalue weighted by atomic mass is 10.7. The summed E-state index contributed by atoms with van der Waals surface area (Å²) in [6, 6.07) is 0. The molecule has 0 aromatic rings. The third-order valence-electron chi connectivity index (χ3n) is 0.333. The third kappa shape index (κ3) is 5.71. The molecule has 1 unspecified atom stereocenters. The van der Waals surface area contributed by atoms with Gasteiger partial charge in [-0.2, -0.15) is 13.2 Å². The lowest BCUT2D eigenvalue weighted by Gasteiger charge is -2.06. The van der Waals surface area contributed by atoms with Crippen molar-refractivity contribution in [1.82, 2.24) is 5.32 Å². The monoisotopic (exact) mass is 128 g/mol. The normalized spacial score (nSPS) is 16.1. The SMILES string of the molecule is CC(O)[N]C(F)(F)F. The Balaban J connectivity index is 3.39. The van der Waals surface area contributed by atoms with Gasteiger partial charge in [-0.05, 0) is 6.92 Å². The van der Waals surface area contributed by atoms with Crippen LogP contribution in [0.5, 0.6) is 0 Å². The Morgan fingerprint density at radius 3 is 1.88 bits per heavy atom. The molecule has 0 saturated heterocycles. The topological polar surface area (TPSA) is 34.3 Å². The summed E-state index contributed by atoms with van der Waals surface area (Å²) in [5.41, 5.74) is 0. The van der Waals surface area contributed by atoms with Crippen molar-refractivity contribution in [2.75, 3.05) is 0 Å². The number of aliphatic hydroxyl groups excluding tert-OH is 1. The van der Waals surface area contributed by atoms with E-state index in [1.54, 1.807) is 0 Å². The number of hydrogen-bond donors (Lipinski definition) is 1. The summed E-state index contributed by atoms with van der Waals surface area (Å²) < 4.78 is 32.9. The van der Waals surface area contributed by atoms with Crippen LogP contribution in [0.2, 0.25) is 0 Å². The fourth-order valence-corrected chi connectivity index (χ4v) is 0.212. The Morgan fingerprint density at radius 2 is 1.88 bits per heavy atom. The molecule has 1 atom stereocenters. The molecule has 8 heavy (non-hydrogen) atoms. The second-order valence-electron chi connectivity index (χ2n) is 1.23. The fourth-order valence-electron chi connectivity index (χ4n) is 0.212. The summed E-state index contributed by atoms with van der Waals surface area (Å²) in [4.78, 5) is 0. The first kappa shape index (κ1) is 7.71. The van der Waals surface area contributed by atoms with Gasteiger partial charge in [-0.15, -0.1) is 5.32 Å². The van der Waals surface area contributed by atoms with E-state index in [1.165, 1.54) is 0 Å². The van der Waals surface area contributed by atoms with E-state index < -0.39 is 12.5 Å². The Hall–Kier alpha value is -0.290. The van der Waals surface area contributed by atoms with Crippen molar-refractivity contribution in [2.45, 2.75) is 19.5 Å². The first-order chi connectivity index (χ1) is 3.42. The van der Waals surface area contributed by atoms with E-state index in [1.807, 2.05) is 5.32 Å². The van der Waals surface area contributed by atoms with E-state index in [2.05, 4.69) is 0 Å². The molecule has 0 aromatic heterocycles. The second-order valence-corrected chi connectivity index (χ2v) is 1.23. The molecule has 0 amide bonds. The molecule has 0 bridgehead atoms. The molecule has 49 valence electrons. The third-order valence-corrected chi connectivity index (χ3v) is 0.333. The highest BCUT2D eigenvalue weighted by Gasteiger charge is 2.30. The number of halogens is 3. The first-order valence-corrected chi connectivity index (χ1v) is 1.88. The Bertz CT molecular complexity index is 69.4. The summed E-state index contributed by atoms with van der Waals surface area (Å²) in [6.45, 7) is 0.938. The predicted octanol–water partition coefficient (Wildman–Crippen LogP) is 0.449. The van der Waals surface area contributed by atoms with E-state index in [4.69, 9.17) is 5.11 Å². The highest BCUT2D eigenvalue weighted by Crippen LogP contribution is 2.11. The van der Waals surface area contributed by atoms with Crippen LogP contribution < -0.4 is 5.32 Å². The smallest absolute Gasteiger partial charge is 0.377 e. The average Bonchev–Trinajstić information content (AvgIpc) is 1.21. The molecule has 1 radical (unpaired) electrons. The molecule has 5 heteroatoms. The summed E-state index contributed by atoms with van der Waals surface area (Å²) in [6.07, 6.45) is -6.26. The molecule has 0 aliphatic rings. The van der Waals surface area contributed by atoms with Crippen LogP contribution in [-0.2, 0) is 0 Å². The van der Waals surface area contributed by atoms with Crippen LogP contribution in [0.4, 0.5) is 13.2 Å². The van der Waals surface area contributed by atoms with Crippen LogP contribution in [0.1, 0.15) is 6.92 Å². The van der Waals surface area contributed by atoms with E-state index in [9.17, 15) is 13.2 Å². The minimum Gasteiger partial charge on any atom is -0.377 e. The minimum absolute atomic E-state index is 0.938. The van der Waals surface area contributed by atoms with E-state index >= 15 is 0 Å². The Kier molecular flexibility index (Phi) is 2.24. The van der Waals surface area contributed by atoms with Crippen LogP contribution in [0.25, 0.3) is 0 Å². The lowest BCUT2D eigenvalue weighted by molar-refractivity contribution is -0.183. The van der Waals surface area contributed by atoms with Crippen LogP contribution >= 0.6 is 0 Å². The second kappa shape index (κ2) is 2.32. The maximum Gasteiger partial charge on any atom is 0.476 e. The van der Waals surface area contributed by atoms with Gasteiger partial charge in [0.2, 0.25) is 0 Å². The van der Waals surface area contributed by atoms with Gasteiger partial charge in [-0.25, -0.2) is 0 Å². The average molecular weight is 128 g/mol. The molecule has 0 spiro atoms. The Morgan fingerprint density at radius 1 is 1.50 bits per heavy atom. The van der Waals surface area contributed by atoms with Crippen molar-refractivity contribution in [2.24, 2.45) is 0 Å². The molecule has 0 aliphatic carbocycles. The summed E-state index contributed by atoms with van der Waals surface area (Å²) >= 11 is 0. The Labute approximate surface area is 44.3 Å². The van der Waals surface area contributed by atoms with Crippen LogP contribution in [0.15, 0.2) is 0 Å². The maximum absolute atomic E-state index is 11.0. The van der Waals surface area contributed by atoms with Gasteiger partial charge in [0.15, 0.2) is 0 Å². The van der Waals surface area contributed by atoms with Gasteiger partial charge < -0.3 is 5.11 Å². The van der Waals surface area contributed by atoms with E-state index in [-0.39, 0.29) is 0 Å². The number of nitrogens with zero attached hydrogens (tertiary/aromatic N) is 1. The molecule has 2 nitrogen and oxygen atoms in total. The van der Waals surface area contributed by atoms with Gasteiger partial charge in [0.25, 0.3) is 0 Å². The van der Waals surface area contributed by atoms with Gasteiger partial charge in [-0.3, -0.25) is 0 Å². The van der Waals surface area contributed by atoms with Crippen molar-refractivity contribution in [1.29, 1.82) is 0 Å². The van der Waals surface area contributed by atoms with Gasteiger partial charge in [0.05, 0.1) is 0 Å². The standard InChI is InChI=1S/C3H5F3NO/c1-2(8)7-3(4,5)6/h2,8H,1H3. The highest BCUT2D eigenvalue weighted by atomic mass is 19.4. The maximum atomic E-state index is 11.0. The molecule has 0 heterocycles. The predicted molar refractivity (Wildman–Crippen MR) is 19.9 cm³/mol. The minimum atomic E-state index is -4.60. The van der Waals surface area contributed by atoms with Gasteiger partial charge >= 0.3 is 6.30 Å². The van der Waals surface area contributed by atoms with Gasteiger partial charge in [-0.1, -0.05) is 0 Å². The van der Waals surface area contributed by atoms with Gasteiger partial charge in [0.1, 0.15) is 6.23 Å². The largest absolute Gasteiger partial charge is 0.476 e. The molecule has 0 aliphatic heterocycles. The fraction of sp³-hybridized carbons (Fsp3) is 1.00. The number of alkyl halides is 3. The molecule has 0 fully saturated rings. The number of aliphatic hydroxyl groups is 1. The quantitative estimate of drug-likeness (QED) is 0.511. The molecule has 0 saturated carbocycles. The number of hydrogen-bond acceptors (Lipinski definition) is 1. The van der Waals surface area contributed by atoms with E-state index in [0.29, 0.717) is 0 Å². The van der Waals surface area contributed by atoms with Crippen molar-refractivity contribution >= 4 is 0 Å². The van der Waals surface area contributed by atoms with Crippen molar-refractivity contribution in [3.05, 3.63) is 0 Å². The summed E-state index contributed by atoms with van der Waals surface area (Å²) in [7, 11) is 0. The molecular formula is C3H5F3NO. The molecular weight excluding hydrogens is 123 g/mol. The highest BCUT2D eigenvalue weighted by molar-refractivity contribution is 4.45.